The number of rotatable bonds is 0. The van der Waals surface area contributed by atoms with Crippen molar-refractivity contribution in [2.45, 2.75) is 47.0 Å². The molecule has 3 rings (SSSR count). The summed E-state index contributed by atoms with van der Waals surface area (Å²) in [5, 5.41) is 10.6. The molecule has 1 aromatic heterocycles. The van der Waals surface area contributed by atoms with Gasteiger partial charge in [-0.2, -0.15) is 0 Å². The number of carbonyl (C=O) groups excluding carboxylic acids is 2. The van der Waals surface area contributed by atoms with Crippen LogP contribution in [0.15, 0.2) is 28.2 Å². The van der Waals surface area contributed by atoms with Crippen LogP contribution in [0.5, 0.6) is 5.75 Å². The van der Waals surface area contributed by atoms with E-state index in [1.165, 1.54) is 12.1 Å². The average molecular weight is 326 g/mol. The Hall–Kier alpha value is -2.36. The number of benzene rings is 1. The van der Waals surface area contributed by atoms with Gasteiger partial charge in [0.05, 0.1) is 5.56 Å². The molecule has 0 aliphatic heterocycles. The van der Waals surface area contributed by atoms with Crippen LogP contribution in [0.2, 0.25) is 0 Å². The average Bonchev–Trinajstić information content (AvgIpc) is 2.79. The fourth-order valence-corrected chi connectivity index (χ4v) is 3.09. The summed E-state index contributed by atoms with van der Waals surface area (Å²) in [5.74, 6) is -0.381. The van der Waals surface area contributed by atoms with Gasteiger partial charge >= 0.3 is 0 Å². The fourth-order valence-electron chi connectivity index (χ4n) is 3.09. The molecule has 126 valence electrons. The van der Waals surface area contributed by atoms with Gasteiger partial charge in [-0.3, -0.25) is 9.59 Å². The molecular weight excluding hydrogens is 304 g/mol. The van der Waals surface area contributed by atoms with E-state index in [4.69, 9.17) is 4.42 Å². The summed E-state index contributed by atoms with van der Waals surface area (Å²) >= 11 is 0. The summed E-state index contributed by atoms with van der Waals surface area (Å²) in [6, 6.07) is 3.13. The van der Waals surface area contributed by atoms with Crippen molar-refractivity contribution in [3.05, 3.63) is 40.7 Å². The number of hydrogen-bond acceptors (Lipinski definition) is 4. The van der Waals surface area contributed by atoms with Crippen molar-refractivity contribution in [1.29, 1.82) is 0 Å². The van der Waals surface area contributed by atoms with Gasteiger partial charge in [-0.25, -0.2) is 0 Å². The minimum atomic E-state index is -0.447. The standard InChI is InChI=1S/C20H22O4/c1-19(2,3)12-9-14(22)18-15(16(12)23)11-7-10(21)8-13(17(11)24-18)20(4,5)6/h7-9,21H,1-6H3. The van der Waals surface area contributed by atoms with Crippen molar-refractivity contribution in [2.24, 2.45) is 5.41 Å². The molecule has 24 heavy (non-hydrogen) atoms. The highest BCUT2D eigenvalue weighted by Gasteiger charge is 2.37. The maximum atomic E-state index is 13.0. The van der Waals surface area contributed by atoms with E-state index < -0.39 is 5.41 Å². The lowest BCUT2D eigenvalue weighted by Gasteiger charge is -2.23. The summed E-state index contributed by atoms with van der Waals surface area (Å²) in [6.45, 7) is 11.7. The first-order valence-electron chi connectivity index (χ1n) is 8.02. The number of Topliss-reactive ketones (excluding diaryl/α,β-unsaturated/α-hetero) is 1. The molecule has 4 nitrogen and oxygen atoms in total. The molecule has 0 saturated carbocycles. The highest BCUT2D eigenvalue weighted by atomic mass is 16.3. The number of phenols is 1. The third-order valence-corrected chi connectivity index (χ3v) is 4.36. The van der Waals surface area contributed by atoms with Gasteiger partial charge in [-0.1, -0.05) is 41.5 Å². The van der Waals surface area contributed by atoms with Gasteiger partial charge in [0.15, 0.2) is 11.5 Å². The third-order valence-electron chi connectivity index (χ3n) is 4.36. The fraction of sp³-hybridized carbons (Fsp3) is 0.400. The highest BCUT2D eigenvalue weighted by molar-refractivity contribution is 6.28. The molecule has 1 aliphatic carbocycles. The van der Waals surface area contributed by atoms with Gasteiger partial charge in [0.25, 0.3) is 0 Å². The quantitative estimate of drug-likeness (QED) is 0.756. The predicted octanol–water partition coefficient (Wildman–Crippen LogP) is 4.79. The molecule has 1 aliphatic rings. The van der Waals surface area contributed by atoms with Crippen molar-refractivity contribution in [3.8, 4) is 5.75 Å². The summed E-state index contributed by atoms with van der Waals surface area (Å²) in [5.41, 5.74) is 1.24. The maximum Gasteiger partial charge on any atom is 0.222 e. The lowest BCUT2D eigenvalue weighted by molar-refractivity contribution is 0.0953. The molecule has 0 atom stereocenters. The predicted molar refractivity (Wildman–Crippen MR) is 92.8 cm³/mol. The Morgan fingerprint density at radius 1 is 0.958 bits per heavy atom. The monoisotopic (exact) mass is 326 g/mol. The largest absolute Gasteiger partial charge is 0.508 e. The molecule has 0 unspecified atom stereocenters. The Bertz CT molecular complexity index is 912. The van der Waals surface area contributed by atoms with Crippen LogP contribution in [0.4, 0.5) is 0 Å². The van der Waals surface area contributed by atoms with E-state index in [0.717, 1.165) is 5.56 Å². The van der Waals surface area contributed by atoms with E-state index >= 15 is 0 Å². The molecule has 0 radical (unpaired) electrons. The topological polar surface area (TPSA) is 67.5 Å². The number of carbonyl (C=O) groups is 2. The van der Waals surface area contributed by atoms with Crippen LogP contribution in [0, 0.1) is 5.41 Å². The lowest BCUT2D eigenvalue weighted by Crippen LogP contribution is -2.24. The van der Waals surface area contributed by atoms with E-state index in [9.17, 15) is 14.7 Å². The van der Waals surface area contributed by atoms with Crippen LogP contribution in [0.1, 0.15) is 68.0 Å². The molecule has 1 heterocycles. The molecular formula is C20H22O4. The van der Waals surface area contributed by atoms with E-state index in [1.54, 1.807) is 6.07 Å². The second-order valence-corrected chi connectivity index (χ2v) is 8.43. The summed E-state index contributed by atoms with van der Waals surface area (Å²) in [4.78, 5) is 25.5. The third kappa shape index (κ3) is 2.37. The van der Waals surface area contributed by atoms with Crippen LogP contribution >= 0.6 is 0 Å². The first kappa shape index (κ1) is 16.5. The minimum absolute atomic E-state index is 0.0585. The Balaban J connectivity index is 2.38. The van der Waals surface area contributed by atoms with Gasteiger partial charge in [0.2, 0.25) is 5.78 Å². The van der Waals surface area contributed by atoms with Gasteiger partial charge in [0, 0.05) is 16.5 Å². The Morgan fingerprint density at radius 2 is 1.58 bits per heavy atom. The molecule has 0 fully saturated rings. The molecule has 0 bridgehead atoms. The molecule has 0 spiro atoms. The molecule has 1 N–H and O–H groups in total. The summed E-state index contributed by atoms with van der Waals surface area (Å²) in [7, 11) is 0. The zero-order valence-corrected chi connectivity index (χ0v) is 14.9. The van der Waals surface area contributed by atoms with Crippen LogP contribution in [0.25, 0.3) is 11.0 Å². The Morgan fingerprint density at radius 3 is 2.12 bits per heavy atom. The van der Waals surface area contributed by atoms with E-state index in [-0.39, 0.29) is 34.1 Å². The summed E-state index contributed by atoms with van der Waals surface area (Å²) < 4.78 is 5.82. The Labute approximate surface area is 141 Å². The smallest absolute Gasteiger partial charge is 0.222 e. The maximum absolute atomic E-state index is 13.0. The first-order chi connectivity index (χ1) is 10.9. The SMILES string of the molecule is CC(C)(C)C1=CC(=O)c2oc3c(C(C)(C)C)cc(O)cc3c2C1=O. The number of hydrogen-bond donors (Lipinski definition) is 1. The summed E-state index contributed by atoms with van der Waals surface area (Å²) in [6.07, 6.45) is 1.38. The van der Waals surface area contributed by atoms with Crippen LogP contribution < -0.4 is 0 Å². The van der Waals surface area contributed by atoms with Crippen molar-refractivity contribution >= 4 is 22.5 Å². The number of allylic oxidation sites excluding steroid dienone is 2. The van der Waals surface area contributed by atoms with Gasteiger partial charge < -0.3 is 9.52 Å². The van der Waals surface area contributed by atoms with Crippen LogP contribution in [-0.2, 0) is 5.41 Å². The van der Waals surface area contributed by atoms with E-state index in [2.05, 4.69) is 0 Å². The van der Waals surface area contributed by atoms with Gasteiger partial charge in [-0.15, -0.1) is 0 Å². The van der Waals surface area contributed by atoms with Crippen molar-refractivity contribution in [3.63, 3.8) is 0 Å². The van der Waals surface area contributed by atoms with Crippen molar-refractivity contribution in [1.82, 2.24) is 0 Å². The van der Waals surface area contributed by atoms with Crippen LogP contribution in [-0.4, -0.2) is 16.7 Å². The zero-order valence-electron chi connectivity index (χ0n) is 14.9. The number of aromatic hydroxyl groups is 1. The second-order valence-electron chi connectivity index (χ2n) is 8.43. The number of fused-ring (bicyclic) bond motifs is 3. The normalized spacial score (nSPS) is 15.7. The van der Waals surface area contributed by atoms with Gasteiger partial charge in [0.1, 0.15) is 11.3 Å². The van der Waals surface area contributed by atoms with Crippen molar-refractivity contribution in [2.75, 3.05) is 0 Å². The number of phenolic OH excluding ortho intramolecular Hbond substituents is 1. The number of furan rings is 1. The van der Waals surface area contributed by atoms with Crippen molar-refractivity contribution < 1.29 is 19.1 Å². The number of ketones is 2. The minimum Gasteiger partial charge on any atom is -0.508 e. The second kappa shape index (κ2) is 4.82. The van der Waals surface area contributed by atoms with Crippen LogP contribution in [0.3, 0.4) is 0 Å². The molecule has 0 saturated heterocycles. The molecule has 1 aromatic carbocycles. The lowest BCUT2D eigenvalue weighted by atomic mass is 9.77. The van der Waals surface area contributed by atoms with E-state index in [0.29, 0.717) is 16.5 Å². The molecule has 2 aromatic rings. The van der Waals surface area contributed by atoms with E-state index in [1.807, 2.05) is 41.5 Å². The molecule has 4 heteroatoms. The Kier molecular flexibility index (Phi) is 3.31. The highest BCUT2D eigenvalue weighted by Crippen LogP contribution is 2.42. The molecule has 0 amide bonds. The van der Waals surface area contributed by atoms with Gasteiger partial charge in [-0.05, 0) is 29.0 Å². The first-order valence-corrected chi connectivity index (χ1v) is 8.02. The zero-order chi connectivity index (χ0) is 18.0.